The van der Waals surface area contributed by atoms with Crippen molar-refractivity contribution >= 4 is 33.4 Å². The van der Waals surface area contributed by atoms with Gasteiger partial charge in [-0.25, -0.2) is 9.13 Å². The molecule has 1 aliphatic rings. The van der Waals surface area contributed by atoms with Crippen molar-refractivity contribution in [3.8, 4) is 0 Å². The second kappa shape index (κ2) is 36.5. The fourth-order valence-corrected chi connectivity index (χ4v) is 7.78. The van der Waals surface area contributed by atoms with Gasteiger partial charge < -0.3 is 39.5 Å². The first-order valence-corrected chi connectivity index (χ1v) is 26.1. The lowest BCUT2D eigenvalue weighted by molar-refractivity contribution is -0.161. The molecule has 1 fully saturated rings. The molecule has 0 bridgehead atoms. The van der Waals surface area contributed by atoms with Crippen LogP contribution in [0.2, 0.25) is 0 Å². The van der Waals surface area contributed by atoms with Crippen LogP contribution in [0.1, 0.15) is 149 Å². The van der Waals surface area contributed by atoms with Crippen molar-refractivity contribution in [1.29, 1.82) is 0 Å². The number of aliphatic hydroxyl groups excluding tert-OH is 3. The van der Waals surface area contributed by atoms with E-state index in [1.807, 2.05) is 12.2 Å². The summed E-state index contributed by atoms with van der Waals surface area (Å²) in [4.78, 5) is 65.5. The molecular formula is C46H78O16P2. The van der Waals surface area contributed by atoms with Crippen LogP contribution < -0.4 is 0 Å². The highest BCUT2D eigenvalue weighted by molar-refractivity contribution is 7.47. The van der Waals surface area contributed by atoms with Gasteiger partial charge in [-0.1, -0.05) is 120 Å². The zero-order valence-corrected chi connectivity index (χ0v) is 39.9. The largest absolute Gasteiger partial charge is 0.472 e. The van der Waals surface area contributed by atoms with Gasteiger partial charge in [-0.2, -0.15) is 0 Å². The van der Waals surface area contributed by atoms with Gasteiger partial charge in [0.25, 0.3) is 0 Å². The van der Waals surface area contributed by atoms with E-state index in [0.29, 0.717) is 32.1 Å². The molecule has 18 heteroatoms. The van der Waals surface area contributed by atoms with Gasteiger partial charge in [-0.3, -0.25) is 28.0 Å². The molecule has 1 rings (SSSR count). The topological polar surface area (TPSA) is 253 Å². The van der Waals surface area contributed by atoms with E-state index < -0.39 is 84.3 Å². The van der Waals surface area contributed by atoms with Crippen LogP contribution in [0.5, 0.6) is 0 Å². The van der Waals surface area contributed by atoms with Gasteiger partial charge in [-0.05, 0) is 70.6 Å². The number of carbonyl (C=O) groups excluding carboxylic acids is 3. The number of phosphoric ester groups is 2. The Hall–Kier alpha value is -2.59. The number of phosphoric acid groups is 2. The van der Waals surface area contributed by atoms with Gasteiger partial charge >= 0.3 is 27.6 Å². The number of esters is 2. The summed E-state index contributed by atoms with van der Waals surface area (Å²) in [6.07, 6.45) is 31.5. The molecule has 0 aromatic heterocycles. The number of unbranched alkanes of at least 4 members (excludes halogenated alkanes) is 10. The summed E-state index contributed by atoms with van der Waals surface area (Å²) in [5, 5.41) is 30.5. The number of hydrogen-bond donors (Lipinski definition) is 6. The smallest absolute Gasteiger partial charge is 0.462 e. The summed E-state index contributed by atoms with van der Waals surface area (Å²) >= 11 is 0. The lowest BCUT2D eigenvalue weighted by Gasteiger charge is -2.20. The first-order chi connectivity index (χ1) is 30.6. The number of allylic oxidation sites excluding steroid dienone is 9. The highest BCUT2D eigenvalue weighted by Gasteiger charge is 2.39. The average Bonchev–Trinajstić information content (AvgIpc) is 3.51. The number of Topliss-reactive ketones (excluding diaryl/α,β-unsaturated/α-hetero) is 1. The zero-order chi connectivity index (χ0) is 47.5. The van der Waals surface area contributed by atoms with Crippen molar-refractivity contribution < 1.29 is 76.6 Å². The van der Waals surface area contributed by atoms with Crippen molar-refractivity contribution in [2.75, 3.05) is 26.4 Å². The van der Waals surface area contributed by atoms with Gasteiger partial charge in [0.2, 0.25) is 0 Å². The standard InChI is InChI=1S/C46H78O16P2/c1-3-5-7-8-9-10-11-12-13-14-15-16-17-18-19-20-26-30-46(52)62-40(37-61-64(56,57)60-35-39(48)34-59-63(53,54)55)36-58-45(51)29-25-22-21-24-28-41-42(44(50)33-43(41)49)32-31-38(47)27-23-6-4-2/h9-10,12-13,15-16,21,24,31-32,38-43,47-49H,3-8,11,14,17-20,22-23,25-30,33-37H2,1-2H3,(H,56,57)(H2,53,54,55)/b10-9-,13-12-,16-15-,24-21-,32-31+/t38-,39-,40+,41+,42+,43-/m0/s1. The van der Waals surface area contributed by atoms with Crippen LogP contribution in [0.15, 0.2) is 60.8 Å². The molecule has 1 aliphatic carbocycles. The Morgan fingerprint density at radius 2 is 1.25 bits per heavy atom. The van der Waals surface area contributed by atoms with Crippen LogP contribution in [0.4, 0.5) is 0 Å². The van der Waals surface area contributed by atoms with Crippen LogP contribution >= 0.6 is 15.6 Å². The van der Waals surface area contributed by atoms with Crippen LogP contribution in [0.3, 0.4) is 0 Å². The van der Waals surface area contributed by atoms with Crippen molar-refractivity contribution in [1.82, 2.24) is 0 Å². The van der Waals surface area contributed by atoms with Gasteiger partial charge in [0.1, 0.15) is 18.5 Å². The van der Waals surface area contributed by atoms with Gasteiger partial charge in [-0.15, -0.1) is 0 Å². The first kappa shape index (κ1) is 59.4. The number of carbonyl (C=O) groups is 3. The molecule has 0 aromatic carbocycles. The molecule has 0 radical (unpaired) electrons. The Kier molecular flexibility index (Phi) is 33.9. The maximum atomic E-state index is 12.7. The Balaban J connectivity index is 2.57. The predicted molar refractivity (Wildman–Crippen MR) is 245 cm³/mol. The molecule has 7 atom stereocenters. The molecule has 0 amide bonds. The monoisotopic (exact) mass is 948 g/mol. The number of ketones is 1. The van der Waals surface area contributed by atoms with Gasteiger partial charge in [0.05, 0.1) is 32.0 Å². The summed E-state index contributed by atoms with van der Waals surface area (Å²) in [5.41, 5.74) is 0. The third kappa shape index (κ3) is 33.0. The van der Waals surface area contributed by atoms with Crippen LogP contribution in [0.25, 0.3) is 0 Å². The minimum absolute atomic E-state index is 0.00337. The summed E-state index contributed by atoms with van der Waals surface area (Å²) in [6, 6.07) is 0. The number of aliphatic hydroxyl groups is 3. The molecule has 0 aromatic rings. The third-order valence-corrected chi connectivity index (χ3v) is 11.7. The van der Waals surface area contributed by atoms with E-state index in [2.05, 4.69) is 59.4 Å². The Morgan fingerprint density at radius 1 is 0.688 bits per heavy atom. The number of hydrogen-bond acceptors (Lipinski definition) is 13. The van der Waals surface area contributed by atoms with E-state index in [0.717, 1.165) is 64.2 Å². The molecule has 1 saturated carbocycles. The highest BCUT2D eigenvalue weighted by atomic mass is 31.2. The maximum Gasteiger partial charge on any atom is 0.472 e. The molecule has 0 spiro atoms. The van der Waals surface area contributed by atoms with E-state index in [-0.39, 0.29) is 31.0 Å². The summed E-state index contributed by atoms with van der Waals surface area (Å²) in [5.74, 6) is -2.12. The second-order valence-electron chi connectivity index (χ2n) is 16.1. The van der Waals surface area contributed by atoms with E-state index in [9.17, 15) is 43.7 Å². The van der Waals surface area contributed by atoms with Crippen molar-refractivity contribution in [2.24, 2.45) is 11.8 Å². The van der Waals surface area contributed by atoms with E-state index in [1.165, 1.54) is 19.3 Å². The van der Waals surface area contributed by atoms with Crippen LogP contribution in [-0.2, 0) is 46.6 Å². The second-order valence-corrected chi connectivity index (χ2v) is 18.8. The number of ether oxygens (including phenoxy) is 2. The van der Waals surface area contributed by atoms with E-state index in [4.69, 9.17) is 23.8 Å². The van der Waals surface area contributed by atoms with E-state index in [1.54, 1.807) is 12.2 Å². The fraction of sp³-hybridized carbons (Fsp3) is 0.717. The quantitative estimate of drug-likeness (QED) is 0.0146. The molecule has 0 heterocycles. The molecule has 0 aliphatic heterocycles. The Morgan fingerprint density at radius 3 is 1.92 bits per heavy atom. The Labute approximate surface area is 381 Å². The normalized spacial score (nSPS) is 19.7. The SMILES string of the molecule is CCCCC/C=C\C/C=C\C/C=C\CCCCCCC(=O)O[C@H](COC(=O)CCC/C=C\C[C@H]1[C@@H](O)CC(=O)[C@@H]1/C=C/[C@@H](O)CCCCC)COP(=O)(O)OC[C@@H](O)COP(=O)(O)O. The Bertz CT molecular complexity index is 1520. The molecule has 368 valence electrons. The zero-order valence-electron chi connectivity index (χ0n) is 38.1. The van der Waals surface area contributed by atoms with Crippen LogP contribution in [-0.4, -0.2) is 98.6 Å². The fourth-order valence-electron chi connectivity index (χ4n) is 6.63. The third-order valence-electron chi connectivity index (χ3n) is 10.2. The summed E-state index contributed by atoms with van der Waals surface area (Å²) < 4.78 is 47.8. The van der Waals surface area contributed by atoms with Crippen LogP contribution in [0, 0.1) is 11.8 Å². The minimum atomic E-state index is -4.90. The molecule has 64 heavy (non-hydrogen) atoms. The molecular weight excluding hydrogens is 870 g/mol. The molecule has 0 saturated heterocycles. The average molecular weight is 949 g/mol. The first-order valence-electron chi connectivity index (χ1n) is 23.1. The van der Waals surface area contributed by atoms with Crippen molar-refractivity contribution in [2.45, 2.75) is 173 Å². The van der Waals surface area contributed by atoms with Crippen molar-refractivity contribution in [3.63, 3.8) is 0 Å². The molecule has 16 nitrogen and oxygen atoms in total. The lowest BCUT2D eigenvalue weighted by atomic mass is 9.90. The summed E-state index contributed by atoms with van der Waals surface area (Å²) in [6.45, 7) is 1.29. The molecule has 6 N–H and O–H groups in total. The lowest BCUT2D eigenvalue weighted by Crippen LogP contribution is -2.30. The minimum Gasteiger partial charge on any atom is -0.462 e. The number of rotatable bonds is 39. The highest BCUT2D eigenvalue weighted by Crippen LogP contribution is 2.44. The van der Waals surface area contributed by atoms with E-state index >= 15 is 0 Å². The van der Waals surface area contributed by atoms with Gasteiger partial charge in [0.15, 0.2) is 6.10 Å². The maximum absolute atomic E-state index is 12.7. The van der Waals surface area contributed by atoms with Crippen molar-refractivity contribution in [3.05, 3.63) is 60.8 Å². The molecule has 1 unspecified atom stereocenters. The summed E-state index contributed by atoms with van der Waals surface area (Å²) in [7, 11) is -9.79. The van der Waals surface area contributed by atoms with Gasteiger partial charge in [0, 0.05) is 31.1 Å². The predicted octanol–water partition coefficient (Wildman–Crippen LogP) is 8.60.